The van der Waals surface area contributed by atoms with E-state index in [0.29, 0.717) is 0 Å². The standard InChI is InChI=1S/C17H34O4Si4/c1-15-11-10-14-17(15)25(16-12-8-9-13-16)20-23(4,5)18-22(2,3)19-24(6,7)21-25/h12H,8-11,13-14H2,1-7H3. The molecule has 3 aliphatic rings. The van der Waals surface area contributed by atoms with Crippen LogP contribution < -0.4 is 0 Å². The molecular weight excluding hydrogens is 381 g/mol. The topological polar surface area (TPSA) is 36.9 Å². The summed E-state index contributed by atoms with van der Waals surface area (Å²) < 4.78 is 27.3. The van der Waals surface area contributed by atoms with Gasteiger partial charge in [-0.25, -0.2) is 0 Å². The molecule has 3 rings (SSSR count). The molecule has 0 aromatic carbocycles. The SMILES string of the molecule is CC1=C([Si]2(C3=CCCC3)O[Si](C)(C)O[Si](C)(C)O[Si](C)(C)O2)CCC1. The Morgan fingerprint density at radius 2 is 1.28 bits per heavy atom. The van der Waals surface area contributed by atoms with Crippen LogP contribution in [0.15, 0.2) is 22.0 Å². The summed E-state index contributed by atoms with van der Waals surface area (Å²) in [7, 11) is -9.60. The summed E-state index contributed by atoms with van der Waals surface area (Å²) in [4.78, 5) is 0. The normalized spacial score (nSPS) is 30.8. The Kier molecular flexibility index (Phi) is 5.31. The van der Waals surface area contributed by atoms with Gasteiger partial charge in [-0.05, 0) is 95.1 Å². The minimum absolute atomic E-state index is 1.11. The van der Waals surface area contributed by atoms with E-state index in [2.05, 4.69) is 52.3 Å². The average Bonchev–Trinajstić information content (AvgIpc) is 3.03. The van der Waals surface area contributed by atoms with Gasteiger partial charge in [0.2, 0.25) is 0 Å². The quantitative estimate of drug-likeness (QED) is 0.574. The Hall–Kier alpha value is 0.188. The molecule has 0 aromatic rings. The minimum atomic E-state index is -2.66. The first kappa shape index (κ1) is 19.9. The van der Waals surface area contributed by atoms with Gasteiger partial charge in [0.05, 0.1) is 0 Å². The molecule has 1 aliphatic heterocycles. The van der Waals surface area contributed by atoms with E-state index in [-0.39, 0.29) is 0 Å². The van der Waals surface area contributed by atoms with Gasteiger partial charge < -0.3 is 16.5 Å². The molecule has 1 saturated heterocycles. The molecule has 142 valence electrons. The molecule has 2 aliphatic carbocycles. The second-order valence-electron chi connectivity index (χ2n) is 8.96. The van der Waals surface area contributed by atoms with Gasteiger partial charge in [0.25, 0.3) is 0 Å². The van der Waals surface area contributed by atoms with E-state index in [9.17, 15) is 0 Å². The van der Waals surface area contributed by atoms with Crippen molar-refractivity contribution in [1.29, 1.82) is 0 Å². The zero-order valence-electron chi connectivity index (χ0n) is 17.0. The molecule has 0 bridgehead atoms. The highest BCUT2D eigenvalue weighted by Crippen LogP contribution is 2.45. The van der Waals surface area contributed by atoms with Gasteiger partial charge in [-0.15, -0.1) is 0 Å². The van der Waals surface area contributed by atoms with Gasteiger partial charge in [0.15, 0.2) is 0 Å². The highest BCUT2D eigenvalue weighted by molar-refractivity contribution is 6.98. The van der Waals surface area contributed by atoms with E-state index < -0.39 is 34.2 Å². The molecular formula is C17H34O4Si4. The number of rotatable bonds is 2. The molecule has 0 aromatic heterocycles. The van der Waals surface area contributed by atoms with Crippen molar-refractivity contribution >= 4 is 34.2 Å². The van der Waals surface area contributed by atoms with Crippen LogP contribution in [0, 0.1) is 0 Å². The number of allylic oxidation sites excluding steroid dienone is 4. The smallest absolute Gasteiger partial charge is 0.380 e. The Balaban J connectivity index is 2.13. The second-order valence-corrected chi connectivity index (χ2v) is 23.1. The monoisotopic (exact) mass is 414 g/mol. The van der Waals surface area contributed by atoms with E-state index in [1.165, 1.54) is 35.2 Å². The van der Waals surface area contributed by atoms with Crippen LogP contribution in [-0.4, -0.2) is 34.2 Å². The first-order valence-corrected chi connectivity index (χ1v) is 19.9. The number of hydrogen-bond donors (Lipinski definition) is 0. The molecule has 0 spiro atoms. The van der Waals surface area contributed by atoms with Gasteiger partial charge in [0, 0.05) is 0 Å². The summed E-state index contributed by atoms with van der Waals surface area (Å²) in [5.41, 5.74) is 1.49. The molecule has 0 radical (unpaired) electrons. The fourth-order valence-corrected chi connectivity index (χ4v) is 26.4. The summed E-state index contributed by atoms with van der Waals surface area (Å²) in [6.07, 6.45) is 9.40. The van der Waals surface area contributed by atoms with Crippen molar-refractivity contribution in [2.45, 2.75) is 84.7 Å². The molecule has 0 amide bonds. The van der Waals surface area contributed by atoms with Crippen LogP contribution >= 0.6 is 0 Å². The van der Waals surface area contributed by atoms with Crippen molar-refractivity contribution in [3.8, 4) is 0 Å². The number of hydrogen-bond acceptors (Lipinski definition) is 4. The Morgan fingerprint density at radius 1 is 0.720 bits per heavy atom. The maximum atomic E-state index is 7.07. The lowest BCUT2D eigenvalue weighted by molar-refractivity contribution is 0.239. The van der Waals surface area contributed by atoms with Crippen molar-refractivity contribution in [3.63, 3.8) is 0 Å². The van der Waals surface area contributed by atoms with Crippen molar-refractivity contribution in [2.75, 3.05) is 0 Å². The first-order chi connectivity index (χ1) is 11.4. The van der Waals surface area contributed by atoms with Crippen molar-refractivity contribution in [1.82, 2.24) is 0 Å². The van der Waals surface area contributed by atoms with Gasteiger partial charge in [-0.1, -0.05) is 11.6 Å². The molecule has 0 saturated carbocycles. The molecule has 4 nitrogen and oxygen atoms in total. The highest BCUT2D eigenvalue weighted by Gasteiger charge is 2.58. The van der Waals surface area contributed by atoms with Crippen molar-refractivity contribution in [3.05, 3.63) is 22.0 Å². The lowest BCUT2D eigenvalue weighted by Gasteiger charge is -2.49. The fourth-order valence-electron chi connectivity index (χ4n) is 4.72. The van der Waals surface area contributed by atoms with Crippen LogP contribution in [0.25, 0.3) is 0 Å². The third-order valence-corrected chi connectivity index (χ3v) is 22.0. The summed E-state index contributed by atoms with van der Waals surface area (Å²) in [5.74, 6) is 0. The third kappa shape index (κ3) is 4.21. The Morgan fingerprint density at radius 3 is 1.72 bits per heavy atom. The molecule has 0 N–H and O–H groups in total. The fraction of sp³-hybridized carbons (Fsp3) is 0.765. The summed E-state index contributed by atoms with van der Waals surface area (Å²) in [6.45, 7) is 15.3. The van der Waals surface area contributed by atoms with E-state index in [4.69, 9.17) is 16.5 Å². The largest absolute Gasteiger partial charge is 0.416 e. The summed E-state index contributed by atoms with van der Waals surface area (Å²) >= 11 is 0. The van der Waals surface area contributed by atoms with Crippen LogP contribution in [0.3, 0.4) is 0 Å². The second kappa shape index (κ2) is 6.66. The van der Waals surface area contributed by atoms with Gasteiger partial charge in [0.1, 0.15) is 0 Å². The highest BCUT2D eigenvalue weighted by atomic mass is 28.5. The average molecular weight is 415 g/mol. The van der Waals surface area contributed by atoms with E-state index in [0.717, 1.165) is 19.3 Å². The van der Waals surface area contributed by atoms with Crippen molar-refractivity contribution in [2.24, 2.45) is 0 Å². The van der Waals surface area contributed by atoms with Crippen LogP contribution in [0.2, 0.25) is 39.3 Å². The van der Waals surface area contributed by atoms with Crippen LogP contribution in [0.1, 0.15) is 45.4 Å². The molecule has 0 unspecified atom stereocenters. The van der Waals surface area contributed by atoms with E-state index in [1.54, 1.807) is 0 Å². The summed E-state index contributed by atoms with van der Waals surface area (Å²) in [6, 6.07) is 0. The van der Waals surface area contributed by atoms with Gasteiger partial charge in [-0.3, -0.25) is 0 Å². The summed E-state index contributed by atoms with van der Waals surface area (Å²) in [5, 5.41) is 2.92. The van der Waals surface area contributed by atoms with E-state index in [1.807, 2.05) is 0 Å². The minimum Gasteiger partial charge on any atom is -0.416 e. The first-order valence-electron chi connectivity index (χ1n) is 9.64. The van der Waals surface area contributed by atoms with Crippen LogP contribution in [0.5, 0.6) is 0 Å². The Labute approximate surface area is 157 Å². The lowest BCUT2D eigenvalue weighted by atomic mass is 10.3. The predicted molar refractivity (Wildman–Crippen MR) is 111 cm³/mol. The van der Waals surface area contributed by atoms with Crippen LogP contribution in [0.4, 0.5) is 0 Å². The zero-order chi connectivity index (χ0) is 18.5. The predicted octanol–water partition coefficient (Wildman–Crippen LogP) is 5.30. The third-order valence-electron chi connectivity index (χ3n) is 5.12. The maximum absolute atomic E-state index is 7.07. The molecule has 25 heavy (non-hydrogen) atoms. The van der Waals surface area contributed by atoms with Gasteiger partial charge >= 0.3 is 34.2 Å². The lowest BCUT2D eigenvalue weighted by Crippen LogP contribution is -2.67. The van der Waals surface area contributed by atoms with E-state index >= 15 is 0 Å². The zero-order valence-corrected chi connectivity index (χ0v) is 21.0. The molecule has 8 heteroatoms. The molecule has 1 heterocycles. The van der Waals surface area contributed by atoms with Crippen molar-refractivity contribution < 1.29 is 16.5 Å². The maximum Gasteiger partial charge on any atom is 0.380 e. The van der Waals surface area contributed by atoms with Crippen LogP contribution in [-0.2, 0) is 16.5 Å². The Bertz CT molecular complexity index is 588. The molecule has 1 fully saturated rings. The molecule has 0 atom stereocenters. The van der Waals surface area contributed by atoms with Gasteiger partial charge in [-0.2, -0.15) is 0 Å².